The third kappa shape index (κ3) is 2.61. The number of rotatable bonds is 2. The number of hydrogen-bond acceptors (Lipinski definition) is 3. The SMILES string of the molecule is c1ccc2c(c1)CCCC2Sc1nnc2n1CCCCC2. The van der Waals surface area contributed by atoms with Gasteiger partial charge in [-0.1, -0.05) is 42.4 Å². The molecule has 0 saturated heterocycles. The smallest absolute Gasteiger partial charge is 0.191 e. The molecule has 1 aromatic carbocycles. The van der Waals surface area contributed by atoms with Crippen LogP contribution in [0.5, 0.6) is 0 Å². The maximum atomic E-state index is 4.48. The monoisotopic (exact) mass is 299 g/mol. The van der Waals surface area contributed by atoms with Crippen LogP contribution in [0.3, 0.4) is 0 Å². The maximum Gasteiger partial charge on any atom is 0.191 e. The summed E-state index contributed by atoms with van der Waals surface area (Å²) in [5, 5.41) is 10.6. The van der Waals surface area contributed by atoms with Crippen LogP contribution in [0.15, 0.2) is 29.4 Å². The quantitative estimate of drug-likeness (QED) is 0.833. The minimum atomic E-state index is 0.548. The standard InChI is InChI=1S/C17H21N3S/c1-2-11-16-18-19-17(20(16)12-5-1)21-15-10-6-8-13-7-3-4-9-14(13)15/h3-4,7,9,15H,1-2,5-6,8,10-12H2. The van der Waals surface area contributed by atoms with Crippen molar-refractivity contribution in [3.8, 4) is 0 Å². The Bertz CT molecular complexity index is 635. The third-order valence-corrected chi connectivity index (χ3v) is 5.92. The summed E-state index contributed by atoms with van der Waals surface area (Å²) < 4.78 is 2.37. The van der Waals surface area contributed by atoms with Crippen molar-refractivity contribution < 1.29 is 0 Å². The van der Waals surface area contributed by atoms with Gasteiger partial charge in [-0.05, 0) is 43.2 Å². The first kappa shape index (κ1) is 13.4. The highest BCUT2D eigenvalue weighted by molar-refractivity contribution is 7.99. The lowest BCUT2D eigenvalue weighted by atomic mass is 9.91. The van der Waals surface area contributed by atoms with Crippen molar-refractivity contribution in [2.75, 3.05) is 0 Å². The third-order valence-electron chi connectivity index (χ3n) is 4.64. The molecule has 0 bridgehead atoms. The van der Waals surface area contributed by atoms with Gasteiger partial charge in [0.1, 0.15) is 5.82 Å². The van der Waals surface area contributed by atoms with Gasteiger partial charge < -0.3 is 4.57 Å². The van der Waals surface area contributed by atoms with Crippen LogP contribution in [0.4, 0.5) is 0 Å². The van der Waals surface area contributed by atoms with Crippen molar-refractivity contribution in [3.63, 3.8) is 0 Å². The largest absolute Gasteiger partial charge is 0.306 e. The highest BCUT2D eigenvalue weighted by atomic mass is 32.2. The number of thioether (sulfide) groups is 1. The molecule has 2 heterocycles. The van der Waals surface area contributed by atoms with Crippen molar-refractivity contribution in [2.24, 2.45) is 0 Å². The van der Waals surface area contributed by atoms with Crippen LogP contribution in [0.2, 0.25) is 0 Å². The van der Waals surface area contributed by atoms with E-state index in [1.807, 2.05) is 11.8 Å². The molecule has 1 aromatic heterocycles. The zero-order valence-corrected chi connectivity index (χ0v) is 13.1. The molecular formula is C17H21N3S. The molecule has 2 aliphatic rings. The Labute approximate surface area is 130 Å². The van der Waals surface area contributed by atoms with Gasteiger partial charge in [-0.15, -0.1) is 10.2 Å². The van der Waals surface area contributed by atoms with E-state index >= 15 is 0 Å². The molecule has 4 heteroatoms. The van der Waals surface area contributed by atoms with Crippen molar-refractivity contribution in [1.82, 2.24) is 14.8 Å². The summed E-state index contributed by atoms with van der Waals surface area (Å²) in [5.74, 6) is 1.19. The van der Waals surface area contributed by atoms with E-state index in [-0.39, 0.29) is 0 Å². The van der Waals surface area contributed by atoms with E-state index in [9.17, 15) is 0 Å². The highest BCUT2D eigenvalue weighted by Crippen LogP contribution is 2.43. The van der Waals surface area contributed by atoms with E-state index in [0.29, 0.717) is 5.25 Å². The van der Waals surface area contributed by atoms with E-state index in [1.165, 1.54) is 55.5 Å². The highest BCUT2D eigenvalue weighted by Gasteiger charge is 2.24. The molecule has 3 nitrogen and oxygen atoms in total. The van der Waals surface area contributed by atoms with Gasteiger partial charge in [-0.25, -0.2) is 0 Å². The van der Waals surface area contributed by atoms with Crippen LogP contribution in [-0.2, 0) is 19.4 Å². The number of hydrogen-bond donors (Lipinski definition) is 0. The molecule has 0 radical (unpaired) electrons. The molecule has 0 amide bonds. The summed E-state index contributed by atoms with van der Waals surface area (Å²) in [7, 11) is 0. The predicted molar refractivity (Wildman–Crippen MR) is 85.6 cm³/mol. The van der Waals surface area contributed by atoms with Crippen molar-refractivity contribution in [2.45, 2.75) is 61.9 Å². The van der Waals surface area contributed by atoms with E-state index in [4.69, 9.17) is 0 Å². The van der Waals surface area contributed by atoms with Gasteiger partial charge in [0.25, 0.3) is 0 Å². The molecule has 4 rings (SSSR count). The van der Waals surface area contributed by atoms with Gasteiger partial charge in [0, 0.05) is 18.2 Å². The molecule has 2 aromatic rings. The topological polar surface area (TPSA) is 30.7 Å². The maximum absolute atomic E-state index is 4.48. The molecular weight excluding hydrogens is 278 g/mol. The van der Waals surface area contributed by atoms with Gasteiger partial charge in [0.05, 0.1) is 0 Å². The number of aromatic nitrogens is 3. The summed E-state index contributed by atoms with van der Waals surface area (Å²) in [4.78, 5) is 0. The van der Waals surface area contributed by atoms with Gasteiger partial charge in [-0.2, -0.15) is 0 Å². The summed E-state index contributed by atoms with van der Waals surface area (Å²) in [6.45, 7) is 1.10. The number of nitrogens with zero attached hydrogens (tertiary/aromatic N) is 3. The Morgan fingerprint density at radius 3 is 2.95 bits per heavy atom. The van der Waals surface area contributed by atoms with E-state index in [0.717, 1.165) is 18.1 Å². The number of aryl methyl sites for hydroxylation is 2. The Morgan fingerprint density at radius 1 is 1.00 bits per heavy atom. The first-order valence-electron chi connectivity index (χ1n) is 8.08. The number of fused-ring (bicyclic) bond motifs is 2. The molecule has 110 valence electrons. The molecule has 0 fully saturated rings. The fourth-order valence-corrected chi connectivity index (χ4v) is 4.81. The average molecular weight is 299 g/mol. The zero-order chi connectivity index (χ0) is 14.1. The van der Waals surface area contributed by atoms with Crippen LogP contribution in [0, 0.1) is 0 Å². The molecule has 1 unspecified atom stereocenters. The fourth-order valence-electron chi connectivity index (χ4n) is 3.50. The van der Waals surface area contributed by atoms with Crippen LogP contribution in [0.25, 0.3) is 0 Å². The molecule has 0 saturated carbocycles. The lowest BCUT2D eigenvalue weighted by Gasteiger charge is -2.24. The average Bonchev–Trinajstić information content (AvgIpc) is 2.75. The van der Waals surface area contributed by atoms with E-state index < -0.39 is 0 Å². The van der Waals surface area contributed by atoms with Crippen LogP contribution < -0.4 is 0 Å². The molecule has 1 aliphatic carbocycles. The van der Waals surface area contributed by atoms with Crippen LogP contribution in [0.1, 0.15) is 54.3 Å². The van der Waals surface area contributed by atoms with Crippen molar-refractivity contribution in [3.05, 3.63) is 41.2 Å². The van der Waals surface area contributed by atoms with Gasteiger partial charge in [0.2, 0.25) is 0 Å². The molecule has 1 atom stereocenters. The second-order valence-electron chi connectivity index (χ2n) is 6.06. The second kappa shape index (κ2) is 5.84. The predicted octanol–water partition coefficient (Wildman–Crippen LogP) is 4.17. The van der Waals surface area contributed by atoms with Crippen molar-refractivity contribution >= 4 is 11.8 Å². The van der Waals surface area contributed by atoms with Crippen LogP contribution >= 0.6 is 11.8 Å². The lowest BCUT2D eigenvalue weighted by Crippen LogP contribution is -2.09. The molecule has 0 spiro atoms. The minimum absolute atomic E-state index is 0.548. The van der Waals surface area contributed by atoms with Gasteiger partial charge in [-0.3, -0.25) is 0 Å². The van der Waals surface area contributed by atoms with E-state index in [1.54, 1.807) is 0 Å². The Kier molecular flexibility index (Phi) is 3.72. The minimum Gasteiger partial charge on any atom is -0.306 e. The van der Waals surface area contributed by atoms with E-state index in [2.05, 4.69) is 39.0 Å². The Balaban J connectivity index is 1.61. The normalized spacial score (nSPS) is 21.4. The molecule has 21 heavy (non-hydrogen) atoms. The summed E-state index contributed by atoms with van der Waals surface area (Å²) in [6, 6.07) is 8.91. The number of benzene rings is 1. The first-order valence-corrected chi connectivity index (χ1v) is 8.96. The summed E-state index contributed by atoms with van der Waals surface area (Å²) in [5.41, 5.74) is 3.04. The molecule has 1 aliphatic heterocycles. The zero-order valence-electron chi connectivity index (χ0n) is 12.3. The first-order chi connectivity index (χ1) is 10.4. The van der Waals surface area contributed by atoms with Crippen LogP contribution in [-0.4, -0.2) is 14.8 Å². The lowest BCUT2D eigenvalue weighted by molar-refractivity contribution is 0.587. The fraction of sp³-hybridized carbons (Fsp3) is 0.529. The van der Waals surface area contributed by atoms with Gasteiger partial charge >= 0.3 is 0 Å². The van der Waals surface area contributed by atoms with Crippen molar-refractivity contribution in [1.29, 1.82) is 0 Å². The van der Waals surface area contributed by atoms with Gasteiger partial charge in [0.15, 0.2) is 5.16 Å². The molecule has 0 N–H and O–H groups in total. The second-order valence-corrected chi connectivity index (χ2v) is 7.23. The summed E-state index contributed by atoms with van der Waals surface area (Å²) >= 11 is 1.93. The Morgan fingerprint density at radius 2 is 1.95 bits per heavy atom. The summed E-state index contributed by atoms with van der Waals surface area (Å²) in [6.07, 6.45) is 8.70. The Hall–Kier alpha value is -1.29.